The standard InChI is InChI=1S/C17H27N3O.2ClH/c1-13-7-9-20(10-8-13)12-15-3-5-16(6-4-15)19-17(21)14(2)11-18;;/h3-6,13-14H,7-12,18H2,1-2H3,(H,19,21);2*1H. The van der Waals surface area contributed by atoms with Crippen LogP contribution in [0.1, 0.15) is 32.3 Å². The summed E-state index contributed by atoms with van der Waals surface area (Å²) in [6.07, 6.45) is 2.59. The Balaban J connectivity index is 0.00000242. The molecule has 1 heterocycles. The molecule has 4 nitrogen and oxygen atoms in total. The zero-order valence-corrected chi connectivity index (χ0v) is 15.6. The van der Waals surface area contributed by atoms with Gasteiger partial charge in [-0.15, -0.1) is 24.8 Å². The third-order valence-corrected chi connectivity index (χ3v) is 4.31. The minimum Gasteiger partial charge on any atom is -0.330 e. The Bertz CT molecular complexity index is 459. The lowest BCUT2D eigenvalue weighted by Crippen LogP contribution is -2.32. The Morgan fingerprint density at radius 3 is 2.35 bits per heavy atom. The second kappa shape index (κ2) is 10.9. The number of carbonyl (C=O) groups is 1. The van der Waals surface area contributed by atoms with Gasteiger partial charge in [0.05, 0.1) is 0 Å². The fourth-order valence-electron chi connectivity index (χ4n) is 2.54. The zero-order chi connectivity index (χ0) is 15.2. The normalized spacial score (nSPS) is 16.8. The van der Waals surface area contributed by atoms with E-state index in [4.69, 9.17) is 5.73 Å². The summed E-state index contributed by atoms with van der Waals surface area (Å²) in [6.45, 7) is 7.91. The zero-order valence-electron chi connectivity index (χ0n) is 14.0. The van der Waals surface area contributed by atoms with Crippen LogP contribution in [0.25, 0.3) is 0 Å². The molecule has 1 amide bonds. The molecule has 132 valence electrons. The summed E-state index contributed by atoms with van der Waals surface area (Å²) in [4.78, 5) is 14.3. The Labute approximate surface area is 152 Å². The lowest BCUT2D eigenvalue weighted by molar-refractivity contribution is -0.119. The van der Waals surface area contributed by atoms with Gasteiger partial charge in [0.1, 0.15) is 0 Å². The van der Waals surface area contributed by atoms with Crippen LogP contribution >= 0.6 is 24.8 Å². The third kappa shape index (κ3) is 7.08. The van der Waals surface area contributed by atoms with Crippen molar-refractivity contribution < 1.29 is 4.79 Å². The van der Waals surface area contributed by atoms with Crippen molar-refractivity contribution in [2.24, 2.45) is 17.6 Å². The molecule has 0 spiro atoms. The van der Waals surface area contributed by atoms with Gasteiger partial charge in [-0.2, -0.15) is 0 Å². The number of benzene rings is 1. The van der Waals surface area contributed by atoms with Crippen molar-refractivity contribution in [1.29, 1.82) is 0 Å². The first-order valence-corrected chi connectivity index (χ1v) is 7.90. The summed E-state index contributed by atoms with van der Waals surface area (Å²) in [7, 11) is 0. The predicted octanol–water partition coefficient (Wildman–Crippen LogP) is 3.30. The van der Waals surface area contributed by atoms with Crippen molar-refractivity contribution in [2.75, 3.05) is 25.0 Å². The van der Waals surface area contributed by atoms with E-state index in [2.05, 4.69) is 29.3 Å². The molecule has 1 fully saturated rings. The number of nitrogens with one attached hydrogen (secondary N) is 1. The molecule has 1 aromatic rings. The molecular weight excluding hydrogens is 333 g/mol. The number of hydrogen-bond donors (Lipinski definition) is 2. The quantitative estimate of drug-likeness (QED) is 0.845. The number of carbonyl (C=O) groups excluding carboxylic acids is 1. The minimum atomic E-state index is -0.153. The monoisotopic (exact) mass is 361 g/mol. The van der Waals surface area contributed by atoms with Crippen LogP contribution in [0.4, 0.5) is 5.69 Å². The Hall–Kier alpha value is -0.810. The first-order chi connectivity index (χ1) is 10.1. The molecule has 2 rings (SSSR count). The number of halogens is 2. The van der Waals surface area contributed by atoms with Gasteiger partial charge in [-0.25, -0.2) is 0 Å². The number of nitrogens with zero attached hydrogens (tertiary/aromatic N) is 1. The molecule has 0 saturated carbocycles. The summed E-state index contributed by atoms with van der Waals surface area (Å²) in [6, 6.07) is 8.15. The van der Waals surface area contributed by atoms with Gasteiger partial charge in [0, 0.05) is 24.7 Å². The maximum absolute atomic E-state index is 11.8. The average molecular weight is 362 g/mol. The van der Waals surface area contributed by atoms with E-state index < -0.39 is 0 Å². The second-order valence-corrected chi connectivity index (χ2v) is 6.28. The predicted molar refractivity (Wildman–Crippen MR) is 101 cm³/mol. The molecule has 0 aromatic heterocycles. The first kappa shape index (κ1) is 22.2. The van der Waals surface area contributed by atoms with Crippen molar-refractivity contribution in [3.8, 4) is 0 Å². The highest BCUT2D eigenvalue weighted by Crippen LogP contribution is 2.19. The van der Waals surface area contributed by atoms with Crippen LogP contribution < -0.4 is 11.1 Å². The van der Waals surface area contributed by atoms with E-state index in [0.717, 1.165) is 18.2 Å². The molecule has 3 N–H and O–H groups in total. The highest BCUT2D eigenvalue weighted by molar-refractivity contribution is 5.92. The fourth-order valence-corrected chi connectivity index (χ4v) is 2.54. The minimum absolute atomic E-state index is 0. The second-order valence-electron chi connectivity index (χ2n) is 6.28. The Morgan fingerprint density at radius 1 is 1.26 bits per heavy atom. The Morgan fingerprint density at radius 2 is 1.83 bits per heavy atom. The van der Waals surface area contributed by atoms with Crippen molar-refractivity contribution in [3.63, 3.8) is 0 Å². The van der Waals surface area contributed by atoms with Crippen LogP contribution in [0.15, 0.2) is 24.3 Å². The summed E-state index contributed by atoms with van der Waals surface area (Å²) in [5.41, 5.74) is 7.64. The van der Waals surface area contributed by atoms with Gasteiger partial charge in [-0.05, 0) is 49.5 Å². The van der Waals surface area contributed by atoms with Crippen molar-refractivity contribution in [3.05, 3.63) is 29.8 Å². The fraction of sp³-hybridized carbons (Fsp3) is 0.588. The summed E-state index contributed by atoms with van der Waals surface area (Å²) in [5.74, 6) is 0.693. The van der Waals surface area contributed by atoms with Crippen molar-refractivity contribution in [1.82, 2.24) is 4.90 Å². The molecule has 1 unspecified atom stereocenters. The maximum atomic E-state index is 11.8. The number of anilines is 1. The van der Waals surface area contributed by atoms with Crippen molar-refractivity contribution >= 4 is 36.4 Å². The van der Waals surface area contributed by atoms with Gasteiger partial charge in [-0.1, -0.05) is 26.0 Å². The molecule has 1 aliphatic rings. The lowest BCUT2D eigenvalue weighted by Gasteiger charge is -2.30. The molecule has 1 aromatic carbocycles. The third-order valence-electron chi connectivity index (χ3n) is 4.31. The number of piperidine rings is 1. The van der Waals surface area contributed by atoms with E-state index in [1.54, 1.807) is 0 Å². The van der Waals surface area contributed by atoms with E-state index in [1.807, 2.05) is 19.1 Å². The van der Waals surface area contributed by atoms with Crippen LogP contribution in [0, 0.1) is 11.8 Å². The van der Waals surface area contributed by atoms with Gasteiger partial charge < -0.3 is 11.1 Å². The van der Waals surface area contributed by atoms with Crippen molar-refractivity contribution in [2.45, 2.75) is 33.2 Å². The van der Waals surface area contributed by atoms with Crippen LogP contribution in [-0.4, -0.2) is 30.4 Å². The van der Waals surface area contributed by atoms with Gasteiger partial charge >= 0.3 is 0 Å². The molecule has 23 heavy (non-hydrogen) atoms. The largest absolute Gasteiger partial charge is 0.330 e. The van der Waals surface area contributed by atoms with E-state index in [-0.39, 0.29) is 36.6 Å². The SMILES string of the molecule is CC1CCN(Cc2ccc(NC(=O)C(C)CN)cc2)CC1.Cl.Cl. The van der Waals surface area contributed by atoms with E-state index in [9.17, 15) is 4.79 Å². The molecule has 0 aliphatic carbocycles. The smallest absolute Gasteiger partial charge is 0.228 e. The first-order valence-electron chi connectivity index (χ1n) is 7.90. The Kier molecular flexibility index (Phi) is 10.5. The summed E-state index contributed by atoms with van der Waals surface area (Å²) < 4.78 is 0. The number of nitrogens with two attached hydrogens (primary N) is 1. The topological polar surface area (TPSA) is 58.4 Å². The summed E-state index contributed by atoms with van der Waals surface area (Å²) in [5, 5.41) is 2.90. The van der Waals surface area contributed by atoms with Gasteiger partial charge in [0.25, 0.3) is 0 Å². The number of likely N-dealkylation sites (tertiary alicyclic amines) is 1. The van der Waals surface area contributed by atoms with Crippen LogP contribution in [0.5, 0.6) is 0 Å². The number of rotatable bonds is 5. The van der Waals surface area contributed by atoms with Gasteiger partial charge in [-0.3, -0.25) is 9.69 Å². The molecule has 6 heteroatoms. The maximum Gasteiger partial charge on any atom is 0.228 e. The van der Waals surface area contributed by atoms with Gasteiger partial charge in [0.2, 0.25) is 5.91 Å². The average Bonchev–Trinajstić information content (AvgIpc) is 2.50. The van der Waals surface area contributed by atoms with Crippen LogP contribution in [-0.2, 0) is 11.3 Å². The van der Waals surface area contributed by atoms with Gasteiger partial charge in [0.15, 0.2) is 0 Å². The number of hydrogen-bond acceptors (Lipinski definition) is 3. The summed E-state index contributed by atoms with van der Waals surface area (Å²) >= 11 is 0. The molecule has 0 bridgehead atoms. The van der Waals surface area contributed by atoms with Crippen LogP contribution in [0.2, 0.25) is 0 Å². The molecule has 1 atom stereocenters. The highest BCUT2D eigenvalue weighted by atomic mass is 35.5. The molecule has 1 aliphatic heterocycles. The van der Waals surface area contributed by atoms with E-state index in [0.29, 0.717) is 6.54 Å². The highest BCUT2D eigenvalue weighted by Gasteiger charge is 2.15. The van der Waals surface area contributed by atoms with Crippen LogP contribution in [0.3, 0.4) is 0 Å². The molecular formula is C17H29Cl2N3O. The lowest BCUT2D eigenvalue weighted by atomic mass is 9.99. The number of amides is 1. The molecule has 1 saturated heterocycles. The molecule has 0 radical (unpaired) electrons. The van der Waals surface area contributed by atoms with E-state index >= 15 is 0 Å². The van der Waals surface area contributed by atoms with E-state index in [1.165, 1.54) is 31.5 Å².